The number of amides is 2. The number of nitrogens with one attached hydrogen (secondary N) is 1. The predicted octanol–water partition coefficient (Wildman–Crippen LogP) is 4.26. The Kier molecular flexibility index (Phi) is 6.28. The molecule has 3 rings (SSSR count). The van der Waals surface area contributed by atoms with E-state index < -0.39 is 29.4 Å². The quantitative estimate of drug-likeness (QED) is 0.546. The normalized spacial score (nSPS) is 17.2. The molecule has 32 heavy (non-hydrogen) atoms. The van der Waals surface area contributed by atoms with Gasteiger partial charge in [0.25, 0.3) is 11.8 Å². The second-order valence-corrected chi connectivity index (χ2v) is 7.06. The Morgan fingerprint density at radius 1 is 1.28 bits per heavy atom. The summed E-state index contributed by atoms with van der Waals surface area (Å²) in [5.74, 6) is -1.77. The highest BCUT2D eigenvalue weighted by Gasteiger charge is 2.35. The van der Waals surface area contributed by atoms with Crippen LogP contribution in [0, 0.1) is 5.82 Å². The number of nitrogens with zero attached hydrogens (tertiary/aromatic N) is 4. The van der Waals surface area contributed by atoms with Crippen LogP contribution in [0.3, 0.4) is 0 Å². The van der Waals surface area contributed by atoms with Gasteiger partial charge in [0.1, 0.15) is 17.3 Å². The second kappa shape index (κ2) is 8.77. The molecule has 1 aliphatic rings. The molecule has 11 heteroatoms. The van der Waals surface area contributed by atoms with Gasteiger partial charge >= 0.3 is 6.18 Å². The lowest BCUT2D eigenvalue weighted by Gasteiger charge is -2.32. The van der Waals surface area contributed by atoms with Gasteiger partial charge in [-0.15, -0.1) is 0 Å². The summed E-state index contributed by atoms with van der Waals surface area (Å²) in [5, 5.41) is 6.58. The fraction of sp³-hybridized carbons (Fsp3) is 0.238. The molecule has 2 amide bonds. The number of halogens is 4. The van der Waals surface area contributed by atoms with Crippen LogP contribution in [0.4, 0.5) is 23.4 Å². The van der Waals surface area contributed by atoms with Crippen molar-refractivity contribution in [1.82, 2.24) is 19.7 Å². The Bertz CT molecular complexity index is 1120. The van der Waals surface area contributed by atoms with E-state index in [1.165, 1.54) is 34.8 Å². The summed E-state index contributed by atoms with van der Waals surface area (Å²) in [4.78, 5) is 30.8. The molecule has 2 aromatic rings. The fourth-order valence-electron chi connectivity index (χ4n) is 3.14. The number of aromatic nitrogens is 3. The molecule has 168 valence electrons. The predicted molar refractivity (Wildman–Crippen MR) is 108 cm³/mol. The minimum atomic E-state index is -4.57. The molecule has 1 N–H and O–H groups in total. The molecular formula is C21H19F4N5O2. The van der Waals surface area contributed by atoms with Gasteiger partial charge in [0.15, 0.2) is 0 Å². The number of pyridine rings is 1. The van der Waals surface area contributed by atoms with Crippen molar-refractivity contribution in [3.8, 4) is 0 Å². The number of anilines is 1. The molecule has 0 aromatic carbocycles. The fourth-order valence-corrected chi connectivity index (χ4v) is 3.14. The molecule has 3 heterocycles. The van der Waals surface area contributed by atoms with Crippen molar-refractivity contribution in [2.45, 2.75) is 26.1 Å². The Hall–Kier alpha value is -3.76. The molecule has 2 aromatic heterocycles. The largest absolute Gasteiger partial charge is 0.416 e. The minimum Gasteiger partial charge on any atom is -0.309 e. The monoisotopic (exact) mass is 449 g/mol. The average Bonchev–Trinajstić information content (AvgIpc) is 3.18. The molecule has 0 saturated heterocycles. The number of allylic oxidation sites excluding steroid dienone is 5. The standard InChI is InChI=1S/C21H19F4N5O2/c1-4-14(21(23,24)25)6-5-12(2)29-11-13(3)30-18(20(29)32)16(10-27-30)19(31)28-17-8-7-15(22)9-26-17/h4-10,13H,1,11H2,2-3H3,(H,26,28,31)/b12-5+,14-6+/t13-/m0/s1. The molecule has 0 bridgehead atoms. The van der Waals surface area contributed by atoms with Crippen LogP contribution >= 0.6 is 0 Å². The highest BCUT2D eigenvalue weighted by Crippen LogP contribution is 2.28. The van der Waals surface area contributed by atoms with Crippen LogP contribution in [0.15, 0.2) is 60.6 Å². The summed E-state index contributed by atoms with van der Waals surface area (Å²) in [6.07, 6.45) is 0.271. The highest BCUT2D eigenvalue weighted by molar-refractivity contribution is 6.11. The number of carbonyl (C=O) groups excluding carboxylic acids is 2. The van der Waals surface area contributed by atoms with Crippen LogP contribution in [0.2, 0.25) is 0 Å². The van der Waals surface area contributed by atoms with Crippen LogP contribution in [-0.4, -0.2) is 44.2 Å². The lowest BCUT2D eigenvalue weighted by atomic mass is 10.1. The molecule has 0 radical (unpaired) electrons. The molecule has 0 fully saturated rings. The van der Waals surface area contributed by atoms with Crippen molar-refractivity contribution in [3.63, 3.8) is 0 Å². The third-order valence-electron chi connectivity index (χ3n) is 4.80. The van der Waals surface area contributed by atoms with Gasteiger partial charge in [0, 0.05) is 12.2 Å². The molecular weight excluding hydrogens is 430 g/mol. The number of fused-ring (bicyclic) bond motifs is 1. The highest BCUT2D eigenvalue weighted by atomic mass is 19.4. The van der Waals surface area contributed by atoms with Gasteiger partial charge in [-0.05, 0) is 38.1 Å². The maximum absolute atomic E-state index is 13.1. The van der Waals surface area contributed by atoms with E-state index in [2.05, 4.69) is 22.0 Å². The lowest BCUT2D eigenvalue weighted by Crippen LogP contribution is -2.42. The summed E-state index contributed by atoms with van der Waals surface area (Å²) in [6, 6.07) is 2.03. The van der Waals surface area contributed by atoms with Crippen molar-refractivity contribution < 1.29 is 27.2 Å². The molecule has 0 unspecified atom stereocenters. The van der Waals surface area contributed by atoms with Gasteiger partial charge in [-0.3, -0.25) is 14.3 Å². The number of hydrogen-bond acceptors (Lipinski definition) is 4. The first-order chi connectivity index (χ1) is 15.0. The molecule has 0 saturated carbocycles. The summed E-state index contributed by atoms with van der Waals surface area (Å²) in [5.41, 5.74) is -0.751. The van der Waals surface area contributed by atoms with E-state index in [-0.39, 0.29) is 35.4 Å². The number of hydrogen-bond donors (Lipinski definition) is 1. The van der Waals surface area contributed by atoms with E-state index in [1.54, 1.807) is 6.92 Å². The van der Waals surface area contributed by atoms with Crippen molar-refractivity contribution in [1.29, 1.82) is 0 Å². The zero-order chi connectivity index (χ0) is 23.6. The SMILES string of the molecule is C=C/C(=C\C=C(/C)N1C[C@H](C)n2ncc(C(=O)Nc3ccc(F)cn3)c2C1=O)C(F)(F)F. The smallest absolute Gasteiger partial charge is 0.309 e. The first-order valence-corrected chi connectivity index (χ1v) is 9.43. The van der Waals surface area contributed by atoms with E-state index in [9.17, 15) is 27.2 Å². The topological polar surface area (TPSA) is 80.1 Å². The molecule has 7 nitrogen and oxygen atoms in total. The van der Waals surface area contributed by atoms with E-state index in [1.807, 2.05) is 0 Å². The second-order valence-electron chi connectivity index (χ2n) is 7.06. The van der Waals surface area contributed by atoms with Gasteiger partial charge < -0.3 is 10.2 Å². The summed E-state index contributed by atoms with van der Waals surface area (Å²) >= 11 is 0. The van der Waals surface area contributed by atoms with E-state index in [4.69, 9.17) is 0 Å². The third kappa shape index (κ3) is 4.61. The van der Waals surface area contributed by atoms with E-state index >= 15 is 0 Å². The lowest BCUT2D eigenvalue weighted by molar-refractivity contribution is -0.0881. The van der Waals surface area contributed by atoms with Gasteiger partial charge in [-0.25, -0.2) is 9.37 Å². The van der Waals surface area contributed by atoms with Crippen LogP contribution < -0.4 is 5.32 Å². The maximum Gasteiger partial charge on any atom is 0.416 e. The Balaban J connectivity index is 1.90. The Labute approximate surface area is 180 Å². The van der Waals surface area contributed by atoms with Crippen molar-refractivity contribution in [2.24, 2.45) is 0 Å². The van der Waals surface area contributed by atoms with Crippen molar-refractivity contribution in [2.75, 3.05) is 11.9 Å². The van der Waals surface area contributed by atoms with Gasteiger partial charge in [0.2, 0.25) is 0 Å². The van der Waals surface area contributed by atoms with Crippen LogP contribution in [0.5, 0.6) is 0 Å². The first kappa shape index (κ1) is 22.9. The van der Waals surface area contributed by atoms with Gasteiger partial charge in [-0.2, -0.15) is 18.3 Å². The van der Waals surface area contributed by atoms with Gasteiger partial charge in [-0.1, -0.05) is 12.7 Å². The summed E-state index contributed by atoms with van der Waals surface area (Å²) in [6.45, 7) is 6.56. The van der Waals surface area contributed by atoms with Crippen LogP contribution in [-0.2, 0) is 0 Å². The summed E-state index contributed by atoms with van der Waals surface area (Å²) in [7, 11) is 0. The van der Waals surface area contributed by atoms with Crippen molar-refractivity contribution >= 4 is 17.6 Å². The molecule has 1 atom stereocenters. The van der Waals surface area contributed by atoms with Crippen LogP contribution in [0.1, 0.15) is 40.7 Å². The zero-order valence-electron chi connectivity index (χ0n) is 17.2. The molecule has 0 spiro atoms. The number of alkyl halides is 3. The average molecular weight is 449 g/mol. The molecule has 1 aliphatic heterocycles. The molecule has 0 aliphatic carbocycles. The number of rotatable bonds is 5. The van der Waals surface area contributed by atoms with Crippen LogP contribution in [0.25, 0.3) is 0 Å². The minimum absolute atomic E-state index is 0.0140. The Morgan fingerprint density at radius 2 is 2.00 bits per heavy atom. The third-order valence-corrected chi connectivity index (χ3v) is 4.80. The first-order valence-electron chi connectivity index (χ1n) is 9.43. The van der Waals surface area contributed by atoms with Crippen molar-refractivity contribution in [3.05, 3.63) is 77.7 Å². The Morgan fingerprint density at radius 3 is 2.59 bits per heavy atom. The summed E-state index contributed by atoms with van der Waals surface area (Å²) < 4.78 is 53.2. The van der Waals surface area contributed by atoms with Gasteiger partial charge in [0.05, 0.1) is 29.6 Å². The van der Waals surface area contributed by atoms with E-state index in [0.29, 0.717) is 6.08 Å². The maximum atomic E-state index is 13.1. The zero-order valence-corrected chi connectivity index (χ0v) is 17.2. The number of carbonyl (C=O) groups is 2. The van der Waals surface area contributed by atoms with E-state index in [0.717, 1.165) is 18.3 Å².